The Kier molecular flexibility index (Phi) is 5.15. The second-order valence-corrected chi connectivity index (χ2v) is 5.69. The van der Waals surface area contributed by atoms with E-state index in [0.29, 0.717) is 36.9 Å². The molecule has 0 saturated heterocycles. The number of amides is 2. The molecule has 23 heavy (non-hydrogen) atoms. The molecule has 3 N–H and O–H groups in total. The van der Waals surface area contributed by atoms with Crippen LogP contribution < -0.4 is 10.6 Å². The van der Waals surface area contributed by atoms with Gasteiger partial charge in [-0.05, 0) is 38.7 Å². The van der Waals surface area contributed by atoms with Gasteiger partial charge in [-0.15, -0.1) is 0 Å². The van der Waals surface area contributed by atoms with Gasteiger partial charge in [0.15, 0.2) is 0 Å². The molecule has 1 aromatic carbocycles. The van der Waals surface area contributed by atoms with Crippen LogP contribution in [0.3, 0.4) is 0 Å². The quantitative estimate of drug-likeness (QED) is 0.581. The SMILES string of the molecule is Cc1c(NC(=O)NC2CCC(C(=O)O)CC2)cccc1[N+](=O)[O-]. The van der Waals surface area contributed by atoms with Crippen LogP contribution in [0.15, 0.2) is 18.2 Å². The zero-order valence-corrected chi connectivity index (χ0v) is 12.7. The van der Waals surface area contributed by atoms with Crippen LogP contribution in [0.2, 0.25) is 0 Å². The number of hydrogen-bond donors (Lipinski definition) is 3. The van der Waals surface area contributed by atoms with Gasteiger partial charge < -0.3 is 15.7 Å². The highest BCUT2D eigenvalue weighted by molar-refractivity contribution is 5.91. The second kappa shape index (κ2) is 7.08. The highest BCUT2D eigenvalue weighted by Gasteiger charge is 2.26. The number of carboxylic acids is 1. The Morgan fingerprint density at radius 2 is 1.91 bits per heavy atom. The van der Waals surface area contributed by atoms with Crippen molar-refractivity contribution in [2.75, 3.05) is 5.32 Å². The minimum absolute atomic E-state index is 0.0511. The third-order valence-electron chi connectivity index (χ3n) is 4.16. The van der Waals surface area contributed by atoms with E-state index in [-0.39, 0.29) is 17.6 Å². The van der Waals surface area contributed by atoms with Gasteiger partial charge in [0.1, 0.15) is 0 Å². The van der Waals surface area contributed by atoms with Crippen molar-refractivity contribution in [3.63, 3.8) is 0 Å². The first-order chi connectivity index (χ1) is 10.9. The molecule has 2 amide bonds. The van der Waals surface area contributed by atoms with Gasteiger partial charge in [0.05, 0.1) is 22.1 Å². The van der Waals surface area contributed by atoms with Gasteiger partial charge >= 0.3 is 12.0 Å². The predicted molar refractivity (Wildman–Crippen MR) is 83.4 cm³/mol. The van der Waals surface area contributed by atoms with E-state index in [1.165, 1.54) is 12.1 Å². The monoisotopic (exact) mass is 321 g/mol. The molecule has 1 aromatic rings. The first kappa shape index (κ1) is 16.7. The molecule has 1 saturated carbocycles. The van der Waals surface area contributed by atoms with Crippen LogP contribution in [0.25, 0.3) is 0 Å². The Morgan fingerprint density at radius 1 is 1.26 bits per heavy atom. The lowest BCUT2D eigenvalue weighted by Gasteiger charge is -2.26. The van der Waals surface area contributed by atoms with Crippen molar-refractivity contribution < 1.29 is 19.6 Å². The van der Waals surface area contributed by atoms with Crippen LogP contribution in [0.4, 0.5) is 16.2 Å². The number of hydrogen-bond acceptors (Lipinski definition) is 4. The molecular weight excluding hydrogens is 302 g/mol. The summed E-state index contributed by atoms with van der Waals surface area (Å²) in [7, 11) is 0. The smallest absolute Gasteiger partial charge is 0.319 e. The number of carbonyl (C=O) groups is 2. The average Bonchev–Trinajstić information content (AvgIpc) is 2.49. The normalized spacial score (nSPS) is 20.6. The van der Waals surface area contributed by atoms with Crippen LogP contribution in [0.1, 0.15) is 31.2 Å². The van der Waals surface area contributed by atoms with Crippen molar-refractivity contribution in [1.82, 2.24) is 5.32 Å². The van der Waals surface area contributed by atoms with E-state index in [2.05, 4.69) is 10.6 Å². The summed E-state index contributed by atoms with van der Waals surface area (Å²) in [4.78, 5) is 33.3. The summed E-state index contributed by atoms with van der Waals surface area (Å²) in [6, 6.07) is 3.98. The van der Waals surface area contributed by atoms with E-state index >= 15 is 0 Å². The van der Waals surface area contributed by atoms with Crippen LogP contribution >= 0.6 is 0 Å². The van der Waals surface area contributed by atoms with E-state index in [0.717, 1.165) is 0 Å². The maximum Gasteiger partial charge on any atom is 0.319 e. The Bertz CT molecular complexity index is 624. The summed E-state index contributed by atoms with van der Waals surface area (Å²) in [6.07, 6.45) is 2.29. The first-order valence-corrected chi connectivity index (χ1v) is 7.42. The number of nitrogens with zero attached hydrogens (tertiary/aromatic N) is 1. The fourth-order valence-corrected chi connectivity index (χ4v) is 2.79. The topological polar surface area (TPSA) is 122 Å². The number of anilines is 1. The fourth-order valence-electron chi connectivity index (χ4n) is 2.79. The fraction of sp³-hybridized carbons (Fsp3) is 0.467. The number of aliphatic carboxylic acids is 1. The number of nitro groups is 1. The molecule has 8 nitrogen and oxygen atoms in total. The Balaban J connectivity index is 1.92. The van der Waals surface area contributed by atoms with Gasteiger partial charge in [0, 0.05) is 12.1 Å². The molecule has 0 atom stereocenters. The minimum Gasteiger partial charge on any atom is -0.481 e. The van der Waals surface area contributed by atoms with Gasteiger partial charge in [-0.25, -0.2) is 4.79 Å². The Morgan fingerprint density at radius 3 is 2.48 bits per heavy atom. The lowest BCUT2D eigenvalue weighted by atomic mass is 9.86. The Hall–Kier alpha value is -2.64. The third kappa shape index (κ3) is 4.18. The van der Waals surface area contributed by atoms with Crippen LogP contribution in [-0.4, -0.2) is 28.1 Å². The zero-order chi connectivity index (χ0) is 17.0. The summed E-state index contributed by atoms with van der Waals surface area (Å²) < 4.78 is 0. The molecule has 0 aromatic heterocycles. The number of benzene rings is 1. The van der Waals surface area contributed by atoms with Crippen molar-refractivity contribution in [2.45, 2.75) is 38.6 Å². The van der Waals surface area contributed by atoms with Crippen LogP contribution in [0, 0.1) is 23.0 Å². The van der Waals surface area contributed by atoms with Crippen molar-refractivity contribution in [1.29, 1.82) is 0 Å². The average molecular weight is 321 g/mol. The number of urea groups is 1. The summed E-state index contributed by atoms with van der Waals surface area (Å²) >= 11 is 0. The van der Waals surface area contributed by atoms with Crippen molar-refractivity contribution in [3.05, 3.63) is 33.9 Å². The molecule has 1 aliphatic rings. The minimum atomic E-state index is -0.792. The molecule has 0 spiro atoms. The summed E-state index contributed by atoms with van der Waals surface area (Å²) in [5, 5.41) is 25.2. The molecule has 0 aliphatic heterocycles. The van der Waals surface area contributed by atoms with Gasteiger partial charge in [-0.1, -0.05) is 6.07 Å². The molecule has 1 fully saturated rings. The molecule has 8 heteroatoms. The van der Waals surface area contributed by atoms with Crippen molar-refractivity contribution >= 4 is 23.4 Å². The van der Waals surface area contributed by atoms with E-state index in [4.69, 9.17) is 5.11 Å². The number of nitro benzene ring substituents is 1. The van der Waals surface area contributed by atoms with Crippen molar-refractivity contribution in [2.24, 2.45) is 5.92 Å². The van der Waals surface area contributed by atoms with Crippen molar-refractivity contribution in [3.8, 4) is 0 Å². The molecular formula is C15H19N3O5. The predicted octanol–water partition coefficient (Wildman–Crippen LogP) is 2.67. The van der Waals surface area contributed by atoms with Gasteiger partial charge in [-0.2, -0.15) is 0 Å². The Labute approximate surface area is 133 Å². The molecule has 0 heterocycles. The highest BCUT2D eigenvalue weighted by Crippen LogP contribution is 2.26. The summed E-state index contributed by atoms with van der Waals surface area (Å²) in [5.41, 5.74) is 0.725. The maximum atomic E-state index is 12.0. The molecule has 124 valence electrons. The van der Waals surface area contributed by atoms with Crippen LogP contribution in [-0.2, 0) is 4.79 Å². The number of nitrogens with one attached hydrogen (secondary N) is 2. The standard InChI is InChI=1S/C15H19N3O5/c1-9-12(3-2-4-13(9)18(22)23)17-15(21)16-11-7-5-10(6-8-11)14(19)20/h2-4,10-11H,5-8H2,1H3,(H,19,20)(H2,16,17,21). The molecule has 1 aliphatic carbocycles. The van der Waals surface area contributed by atoms with Gasteiger partial charge in [0.2, 0.25) is 0 Å². The zero-order valence-electron chi connectivity index (χ0n) is 12.7. The number of carboxylic acid groups (broad SMARTS) is 1. The summed E-state index contributed by atoms with van der Waals surface area (Å²) in [6.45, 7) is 1.58. The van der Waals surface area contributed by atoms with E-state index in [1.54, 1.807) is 13.0 Å². The summed E-state index contributed by atoms with van der Waals surface area (Å²) in [5.74, 6) is -1.13. The lowest BCUT2D eigenvalue weighted by Crippen LogP contribution is -2.41. The van der Waals surface area contributed by atoms with Crippen LogP contribution in [0.5, 0.6) is 0 Å². The molecule has 0 unspecified atom stereocenters. The van der Waals surface area contributed by atoms with E-state index in [1.807, 2.05) is 0 Å². The molecule has 0 radical (unpaired) electrons. The number of rotatable bonds is 4. The van der Waals surface area contributed by atoms with Gasteiger partial charge in [-0.3, -0.25) is 14.9 Å². The largest absolute Gasteiger partial charge is 0.481 e. The number of carbonyl (C=O) groups excluding carboxylic acids is 1. The maximum absolute atomic E-state index is 12.0. The highest BCUT2D eigenvalue weighted by atomic mass is 16.6. The second-order valence-electron chi connectivity index (χ2n) is 5.69. The first-order valence-electron chi connectivity index (χ1n) is 7.42. The van der Waals surface area contributed by atoms with E-state index in [9.17, 15) is 19.7 Å². The van der Waals surface area contributed by atoms with E-state index < -0.39 is 16.9 Å². The molecule has 0 bridgehead atoms. The lowest BCUT2D eigenvalue weighted by molar-refractivity contribution is -0.385. The third-order valence-corrected chi connectivity index (χ3v) is 4.16. The molecule has 2 rings (SSSR count). The van der Waals surface area contributed by atoms with Gasteiger partial charge in [0.25, 0.3) is 5.69 Å².